The Morgan fingerprint density at radius 2 is 1.72 bits per heavy atom. The molecule has 2 heterocycles. The standard InChI is InChI=1S/C23H13ClN4O/c24-16-9-10-20-17(11-16)22-23(27-19-4-2-1-3-18(19)26-22)28(20)13-21(29)15-7-5-14(12-25)6-8-15/h1-11H,13H2. The number of para-hydroxylation sites is 2. The molecule has 0 aliphatic carbocycles. The fourth-order valence-electron chi connectivity index (χ4n) is 3.53. The molecule has 3 aromatic carbocycles. The van der Waals surface area contributed by atoms with Gasteiger partial charge in [-0.25, -0.2) is 9.97 Å². The van der Waals surface area contributed by atoms with Gasteiger partial charge in [-0.3, -0.25) is 4.79 Å². The minimum Gasteiger partial charge on any atom is -0.316 e. The van der Waals surface area contributed by atoms with E-state index >= 15 is 0 Å². The second-order valence-electron chi connectivity index (χ2n) is 6.74. The van der Waals surface area contributed by atoms with Gasteiger partial charge in [-0.15, -0.1) is 0 Å². The van der Waals surface area contributed by atoms with Gasteiger partial charge in [0.25, 0.3) is 0 Å². The van der Waals surface area contributed by atoms with Crippen molar-refractivity contribution in [1.82, 2.24) is 14.5 Å². The van der Waals surface area contributed by atoms with Crippen LogP contribution in [0.1, 0.15) is 15.9 Å². The molecule has 0 spiro atoms. The Labute approximate surface area is 170 Å². The van der Waals surface area contributed by atoms with Crippen molar-refractivity contribution in [1.29, 1.82) is 5.26 Å². The van der Waals surface area contributed by atoms with Crippen LogP contribution in [0, 0.1) is 11.3 Å². The highest BCUT2D eigenvalue weighted by molar-refractivity contribution is 6.31. The van der Waals surface area contributed by atoms with E-state index in [9.17, 15) is 4.79 Å². The molecule has 5 nitrogen and oxygen atoms in total. The Kier molecular flexibility index (Phi) is 4.01. The summed E-state index contributed by atoms with van der Waals surface area (Å²) in [7, 11) is 0. The number of hydrogen-bond acceptors (Lipinski definition) is 4. The molecule has 0 bridgehead atoms. The average molecular weight is 397 g/mol. The Morgan fingerprint density at radius 1 is 1.00 bits per heavy atom. The summed E-state index contributed by atoms with van der Waals surface area (Å²) in [4.78, 5) is 22.5. The third-order valence-corrected chi connectivity index (χ3v) is 5.19. The van der Waals surface area contributed by atoms with Crippen LogP contribution in [0.25, 0.3) is 33.1 Å². The summed E-state index contributed by atoms with van der Waals surface area (Å²) in [5.74, 6) is -0.0711. The molecule has 0 N–H and O–H groups in total. The molecule has 5 rings (SSSR count). The van der Waals surface area contributed by atoms with Gasteiger partial charge in [0, 0.05) is 16.0 Å². The van der Waals surface area contributed by atoms with Crippen LogP contribution < -0.4 is 0 Å². The van der Waals surface area contributed by atoms with Gasteiger partial charge in [0.1, 0.15) is 5.52 Å². The maximum absolute atomic E-state index is 13.0. The highest BCUT2D eigenvalue weighted by Gasteiger charge is 2.17. The van der Waals surface area contributed by atoms with Crippen molar-refractivity contribution in [3.8, 4) is 6.07 Å². The number of rotatable bonds is 3. The molecule has 0 fully saturated rings. The zero-order valence-electron chi connectivity index (χ0n) is 15.1. The number of carbonyl (C=O) groups excluding carboxylic acids is 1. The van der Waals surface area contributed by atoms with Gasteiger partial charge in [-0.2, -0.15) is 5.26 Å². The summed E-state index contributed by atoms with van der Waals surface area (Å²) in [6.07, 6.45) is 0. The van der Waals surface area contributed by atoms with Crippen LogP contribution >= 0.6 is 11.6 Å². The molecule has 5 aromatic rings. The third kappa shape index (κ3) is 2.91. The van der Waals surface area contributed by atoms with Crippen LogP contribution in [0.5, 0.6) is 0 Å². The lowest BCUT2D eigenvalue weighted by Crippen LogP contribution is -2.11. The fraction of sp³-hybridized carbons (Fsp3) is 0.0435. The summed E-state index contributed by atoms with van der Waals surface area (Å²) in [5.41, 5.74) is 4.82. The summed E-state index contributed by atoms with van der Waals surface area (Å²) in [5, 5.41) is 10.4. The van der Waals surface area contributed by atoms with E-state index < -0.39 is 0 Å². The van der Waals surface area contributed by atoms with Crippen LogP contribution in [0.3, 0.4) is 0 Å². The molecule has 2 aromatic heterocycles. The van der Waals surface area contributed by atoms with Gasteiger partial charge in [-0.1, -0.05) is 35.9 Å². The largest absolute Gasteiger partial charge is 0.316 e. The monoisotopic (exact) mass is 396 g/mol. The minimum absolute atomic E-state index is 0.0711. The normalized spacial score (nSPS) is 11.2. The van der Waals surface area contributed by atoms with Gasteiger partial charge in [-0.05, 0) is 42.5 Å². The molecular formula is C23H13ClN4O. The lowest BCUT2D eigenvalue weighted by molar-refractivity contribution is 0.0974. The molecule has 138 valence electrons. The highest BCUT2D eigenvalue weighted by atomic mass is 35.5. The fourth-order valence-corrected chi connectivity index (χ4v) is 3.70. The number of nitrogens with zero attached hydrogens (tertiary/aromatic N) is 4. The summed E-state index contributed by atoms with van der Waals surface area (Å²) in [6, 6.07) is 21.9. The molecule has 6 heteroatoms. The van der Waals surface area contributed by atoms with Crippen LogP contribution in [-0.2, 0) is 6.54 Å². The van der Waals surface area contributed by atoms with Gasteiger partial charge in [0.05, 0.1) is 34.7 Å². The maximum atomic E-state index is 13.0. The number of halogens is 1. The topological polar surface area (TPSA) is 71.6 Å². The summed E-state index contributed by atoms with van der Waals surface area (Å²) in [6.45, 7) is 0.112. The molecule has 0 atom stereocenters. The Balaban J connectivity index is 1.71. The van der Waals surface area contributed by atoms with E-state index in [4.69, 9.17) is 26.8 Å². The highest BCUT2D eigenvalue weighted by Crippen LogP contribution is 2.30. The molecule has 0 amide bonds. The Hall–Kier alpha value is -3.75. The lowest BCUT2D eigenvalue weighted by Gasteiger charge is -2.07. The first-order chi connectivity index (χ1) is 14.1. The smallest absolute Gasteiger partial charge is 0.182 e. The van der Waals surface area contributed by atoms with Gasteiger partial charge >= 0.3 is 0 Å². The van der Waals surface area contributed by atoms with Gasteiger partial charge in [0.2, 0.25) is 0 Å². The second kappa shape index (κ2) is 6.69. The van der Waals surface area contributed by atoms with Crippen molar-refractivity contribution in [3.05, 3.63) is 82.9 Å². The lowest BCUT2D eigenvalue weighted by atomic mass is 10.1. The van der Waals surface area contributed by atoms with Gasteiger partial charge in [0.15, 0.2) is 11.4 Å². The van der Waals surface area contributed by atoms with Crippen LogP contribution in [0.15, 0.2) is 66.7 Å². The predicted molar refractivity (Wildman–Crippen MR) is 113 cm³/mol. The number of Topliss-reactive ketones (excluding diaryl/α,β-unsaturated/α-hetero) is 1. The Morgan fingerprint density at radius 3 is 2.45 bits per heavy atom. The summed E-state index contributed by atoms with van der Waals surface area (Å²) < 4.78 is 1.88. The first-order valence-corrected chi connectivity index (χ1v) is 9.39. The number of ketones is 1. The van der Waals surface area contributed by atoms with Crippen molar-refractivity contribution < 1.29 is 4.79 Å². The molecule has 0 saturated heterocycles. The number of benzene rings is 3. The van der Waals surface area contributed by atoms with Crippen LogP contribution in [0.4, 0.5) is 0 Å². The van der Waals surface area contributed by atoms with Crippen LogP contribution in [-0.4, -0.2) is 20.3 Å². The number of carbonyl (C=O) groups is 1. The zero-order chi connectivity index (χ0) is 20.0. The van der Waals surface area contributed by atoms with Crippen molar-refractivity contribution in [2.45, 2.75) is 6.54 Å². The van der Waals surface area contributed by atoms with Crippen molar-refractivity contribution in [2.75, 3.05) is 0 Å². The molecule has 0 saturated carbocycles. The van der Waals surface area contributed by atoms with Crippen molar-refractivity contribution in [3.63, 3.8) is 0 Å². The maximum Gasteiger partial charge on any atom is 0.182 e. The third-order valence-electron chi connectivity index (χ3n) is 4.95. The van der Waals surface area contributed by atoms with E-state index in [0.29, 0.717) is 27.3 Å². The molecule has 0 aliphatic heterocycles. The zero-order valence-corrected chi connectivity index (χ0v) is 15.9. The molecular weight excluding hydrogens is 384 g/mol. The number of nitriles is 1. The quantitative estimate of drug-likeness (QED) is 0.395. The number of hydrogen-bond donors (Lipinski definition) is 0. The molecule has 0 radical (unpaired) electrons. The number of aromatic nitrogens is 3. The van der Waals surface area contributed by atoms with E-state index in [0.717, 1.165) is 21.9 Å². The first kappa shape index (κ1) is 17.4. The average Bonchev–Trinajstić information content (AvgIpc) is 3.04. The predicted octanol–water partition coefficient (Wildman–Crippen LogP) is 5.15. The van der Waals surface area contributed by atoms with Crippen LogP contribution in [0.2, 0.25) is 5.02 Å². The van der Waals surface area contributed by atoms with E-state index in [2.05, 4.69) is 6.07 Å². The van der Waals surface area contributed by atoms with Crippen molar-refractivity contribution in [2.24, 2.45) is 0 Å². The number of fused-ring (bicyclic) bond motifs is 4. The second-order valence-corrected chi connectivity index (χ2v) is 7.18. The Bertz CT molecular complexity index is 1460. The minimum atomic E-state index is -0.0711. The van der Waals surface area contributed by atoms with E-state index in [-0.39, 0.29) is 12.3 Å². The molecule has 29 heavy (non-hydrogen) atoms. The van der Waals surface area contributed by atoms with E-state index in [1.165, 1.54) is 0 Å². The SMILES string of the molecule is N#Cc1ccc(C(=O)Cn2c3ccc(Cl)cc3c3nc4ccccc4nc32)cc1. The molecule has 0 aliphatic rings. The van der Waals surface area contributed by atoms with E-state index in [1.807, 2.05) is 41.0 Å². The van der Waals surface area contributed by atoms with Crippen molar-refractivity contribution >= 4 is 50.5 Å². The molecule has 0 unspecified atom stereocenters. The first-order valence-electron chi connectivity index (χ1n) is 9.01. The van der Waals surface area contributed by atoms with Gasteiger partial charge < -0.3 is 4.57 Å². The summed E-state index contributed by atoms with van der Waals surface area (Å²) >= 11 is 6.23. The van der Waals surface area contributed by atoms with E-state index in [1.54, 1.807) is 30.3 Å².